The van der Waals surface area contributed by atoms with Crippen molar-refractivity contribution in [1.29, 1.82) is 0 Å². The second-order valence-corrected chi connectivity index (χ2v) is 4.34. The number of aromatic nitrogens is 2. The van der Waals surface area contributed by atoms with E-state index < -0.39 is 17.7 Å². The van der Waals surface area contributed by atoms with Crippen LogP contribution in [0.3, 0.4) is 0 Å². The number of rotatable bonds is 2. The van der Waals surface area contributed by atoms with Crippen LogP contribution in [0.15, 0.2) is 36.5 Å². The predicted molar refractivity (Wildman–Crippen MR) is 64.0 cm³/mol. The molecular weight excluding hydrogens is 315 g/mol. The lowest BCUT2D eigenvalue weighted by molar-refractivity contribution is -0.141. The number of alkyl halides is 3. The van der Waals surface area contributed by atoms with E-state index >= 15 is 0 Å². The van der Waals surface area contributed by atoms with Crippen LogP contribution in [0.4, 0.5) is 17.5 Å². The van der Waals surface area contributed by atoms with Gasteiger partial charge in [0.25, 0.3) is 0 Å². The smallest absolute Gasteiger partial charge is 0.312 e. The fourth-order valence-corrected chi connectivity index (χ4v) is 1.70. The molecule has 1 aromatic heterocycles. The Kier molecular flexibility index (Phi) is 3.47. The van der Waals surface area contributed by atoms with Crippen LogP contribution in [-0.4, -0.2) is 15.6 Å². The monoisotopic (exact) mass is 320 g/mol. The highest BCUT2D eigenvalue weighted by atomic mass is 79.9. The summed E-state index contributed by atoms with van der Waals surface area (Å²) in [5, 5.41) is 3.41. The first-order valence-corrected chi connectivity index (χ1v) is 5.81. The first-order valence-electron chi connectivity index (χ1n) is 4.89. The summed E-state index contributed by atoms with van der Waals surface area (Å²) in [5.41, 5.74) is -0.139. The summed E-state index contributed by atoms with van der Waals surface area (Å²) in [6, 6.07) is 6.83. The van der Waals surface area contributed by atoms with Gasteiger partial charge in [-0.2, -0.15) is 18.3 Å². The zero-order valence-electron chi connectivity index (χ0n) is 8.83. The minimum Gasteiger partial charge on any atom is -0.312 e. The Balaban J connectivity index is 2.29. The van der Waals surface area contributed by atoms with Crippen molar-refractivity contribution in [1.82, 2.24) is 9.78 Å². The van der Waals surface area contributed by atoms with Gasteiger partial charge >= 0.3 is 12.0 Å². The Hall–Kier alpha value is -1.31. The molecule has 8 heteroatoms. The molecule has 0 saturated carbocycles. The zero-order valence-corrected chi connectivity index (χ0v) is 10.4. The summed E-state index contributed by atoms with van der Waals surface area (Å²) in [5.74, 6) is -1.30. The van der Waals surface area contributed by atoms with Crippen molar-refractivity contribution in [3.8, 4) is 5.69 Å². The average Bonchev–Trinajstić information content (AvgIpc) is 2.78. The first-order chi connectivity index (χ1) is 8.38. The number of nitrogens with zero attached hydrogens (tertiary/aromatic N) is 2. The fraction of sp³-hybridized carbons (Fsp3) is 0.100. The van der Waals surface area contributed by atoms with Gasteiger partial charge in [0, 0.05) is 6.20 Å². The maximum absolute atomic E-state index is 12.9. The Bertz CT molecular complexity index is 536. The minimum absolute atomic E-state index is 0.391. The summed E-state index contributed by atoms with van der Waals surface area (Å²) in [6.07, 6.45) is -3.26. The van der Waals surface area contributed by atoms with Gasteiger partial charge in [-0.15, -0.1) is 15.8 Å². The van der Waals surface area contributed by atoms with Gasteiger partial charge in [0.05, 0.1) is 5.69 Å². The number of hydrogen-bond donors (Lipinski definition) is 0. The van der Waals surface area contributed by atoms with Crippen LogP contribution in [0.5, 0.6) is 0 Å². The molecule has 2 aromatic rings. The van der Waals surface area contributed by atoms with Crippen molar-refractivity contribution in [3.63, 3.8) is 0 Å². The lowest BCUT2D eigenvalue weighted by Gasteiger charge is -2.04. The van der Waals surface area contributed by atoms with Gasteiger partial charge in [-0.25, -0.2) is 4.68 Å². The molecule has 2 rings (SSSR count). The highest BCUT2D eigenvalue weighted by Crippen LogP contribution is 2.27. The second-order valence-electron chi connectivity index (χ2n) is 3.54. The molecule has 18 heavy (non-hydrogen) atoms. The number of benzene rings is 1. The van der Waals surface area contributed by atoms with Crippen molar-refractivity contribution >= 4 is 27.0 Å². The second kappa shape index (κ2) is 4.76. The third-order valence-corrected chi connectivity index (χ3v) is 2.82. The van der Waals surface area contributed by atoms with E-state index in [1.807, 2.05) is 0 Å². The molecule has 0 fully saturated rings. The van der Waals surface area contributed by atoms with Crippen molar-refractivity contribution in [2.75, 3.05) is 0 Å². The molecule has 0 bridgehead atoms. The van der Waals surface area contributed by atoms with Gasteiger partial charge < -0.3 is 4.32 Å². The molecule has 0 aliphatic carbocycles. The maximum atomic E-state index is 12.9. The number of halogens is 5. The van der Waals surface area contributed by atoms with Gasteiger partial charge in [-0.05, 0) is 23.7 Å². The largest absolute Gasteiger partial charge is 0.453 e. The quantitative estimate of drug-likeness (QED) is 0.614. The Labute approximate surface area is 109 Å². The molecule has 0 saturated heterocycles. The molecule has 0 spiro atoms. The summed E-state index contributed by atoms with van der Waals surface area (Å²) < 4.78 is 51.0. The molecule has 94 valence electrons. The third kappa shape index (κ3) is 2.74. The normalized spacial score (nSPS) is 11.6. The van der Waals surface area contributed by atoms with Gasteiger partial charge in [0.2, 0.25) is 0 Å². The average molecular weight is 321 g/mol. The van der Waals surface area contributed by atoms with E-state index in [9.17, 15) is 17.5 Å². The highest BCUT2D eigenvalue weighted by molar-refractivity contribution is 9.24. The molecule has 0 N–H and O–H groups in total. The molecule has 1 heterocycles. The lowest BCUT2D eigenvalue weighted by Crippen LogP contribution is -2.18. The van der Waals surface area contributed by atoms with Crippen LogP contribution in [-0.2, 0) is 6.18 Å². The topological polar surface area (TPSA) is 17.8 Å². The van der Waals surface area contributed by atoms with Crippen LogP contribution in [0, 0.1) is 0 Å². The molecule has 0 unspecified atom stereocenters. The molecule has 0 atom stereocenters. The Morgan fingerprint density at radius 3 is 2.17 bits per heavy atom. The minimum atomic E-state index is -4.47. The summed E-state index contributed by atoms with van der Waals surface area (Å²) >= 11 is 2.76. The molecular formula is C10H6BBrF4N2. The Morgan fingerprint density at radius 2 is 1.72 bits per heavy atom. The SMILES string of the molecule is FB(Br)c1ccc(-n2ccc(C(F)(F)F)n2)cc1. The third-order valence-electron chi connectivity index (χ3n) is 2.29. The van der Waals surface area contributed by atoms with Crippen LogP contribution in [0.1, 0.15) is 5.69 Å². The molecule has 0 radical (unpaired) electrons. The maximum Gasteiger partial charge on any atom is 0.453 e. The molecule has 0 amide bonds. The zero-order chi connectivity index (χ0) is 13.3. The van der Waals surface area contributed by atoms with E-state index in [1.165, 1.54) is 30.5 Å². The lowest BCUT2D eigenvalue weighted by atomic mass is 9.91. The van der Waals surface area contributed by atoms with Crippen LogP contribution in [0.2, 0.25) is 0 Å². The van der Waals surface area contributed by atoms with E-state index in [0.717, 1.165) is 10.7 Å². The van der Waals surface area contributed by atoms with Gasteiger partial charge in [0.15, 0.2) is 5.69 Å². The van der Waals surface area contributed by atoms with E-state index in [0.29, 0.717) is 11.2 Å². The number of hydrogen-bond acceptors (Lipinski definition) is 1. The predicted octanol–water partition coefficient (Wildman–Crippen LogP) is 2.95. The van der Waals surface area contributed by atoms with Crippen molar-refractivity contribution in [3.05, 3.63) is 42.2 Å². The summed E-state index contributed by atoms with van der Waals surface area (Å²) in [7, 11) is 0. The van der Waals surface area contributed by atoms with Crippen molar-refractivity contribution in [2.24, 2.45) is 0 Å². The fourth-order valence-electron chi connectivity index (χ4n) is 1.39. The summed E-state index contributed by atoms with van der Waals surface area (Å²) in [4.78, 5) is 0. The van der Waals surface area contributed by atoms with E-state index in [-0.39, 0.29) is 0 Å². The van der Waals surface area contributed by atoms with E-state index in [1.54, 1.807) is 0 Å². The molecule has 2 nitrogen and oxygen atoms in total. The molecule has 0 aliphatic rings. The van der Waals surface area contributed by atoms with Gasteiger partial charge in [0.1, 0.15) is 0 Å². The van der Waals surface area contributed by atoms with Crippen molar-refractivity contribution < 1.29 is 17.5 Å². The van der Waals surface area contributed by atoms with Gasteiger partial charge in [-0.3, -0.25) is 0 Å². The van der Waals surface area contributed by atoms with Crippen molar-refractivity contribution in [2.45, 2.75) is 6.18 Å². The first kappa shape index (κ1) is 13.1. The Morgan fingerprint density at radius 1 is 1.11 bits per heavy atom. The highest BCUT2D eigenvalue weighted by Gasteiger charge is 2.33. The molecule has 0 aliphatic heterocycles. The standard InChI is InChI=1S/C10H6BBrF4N2/c12-11(16)7-1-3-8(4-2-7)18-6-5-9(17-18)10(13,14)15/h1-6H. The van der Waals surface area contributed by atoms with E-state index in [2.05, 4.69) is 20.9 Å². The van der Waals surface area contributed by atoms with Gasteiger partial charge in [-0.1, -0.05) is 12.1 Å². The van der Waals surface area contributed by atoms with E-state index in [4.69, 9.17) is 0 Å². The molecule has 1 aromatic carbocycles. The van der Waals surface area contributed by atoms with Crippen LogP contribution in [0.25, 0.3) is 5.69 Å². The summed E-state index contributed by atoms with van der Waals surface area (Å²) in [6.45, 7) is 0. The van der Waals surface area contributed by atoms with Crippen LogP contribution < -0.4 is 5.46 Å². The van der Waals surface area contributed by atoms with Crippen LogP contribution >= 0.6 is 15.8 Å².